The molecule has 0 fully saturated rings. The van der Waals surface area contributed by atoms with E-state index < -0.39 is 0 Å². The predicted molar refractivity (Wildman–Crippen MR) is 68.8 cm³/mol. The van der Waals surface area contributed by atoms with Crippen molar-refractivity contribution >= 4 is 0 Å². The highest BCUT2D eigenvalue weighted by molar-refractivity contribution is 4.59. The molecule has 0 heterocycles. The largest absolute Gasteiger partial charge is 0.330 e. The van der Waals surface area contributed by atoms with Crippen LogP contribution in [0.25, 0.3) is 0 Å². The molecule has 0 atom stereocenters. The summed E-state index contributed by atoms with van der Waals surface area (Å²) in [7, 11) is 0. The molecule has 0 saturated heterocycles. The second kappa shape index (κ2) is 16.3. The van der Waals surface area contributed by atoms with Crippen LogP contribution in [0.2, 0.25) is 0 Å². The van der Waals surface area contributed by atoms with Gasteiger partial charge in [0.1, 0.15) is 0 Å². The Morgan fingerprint density at radius 2 is 0.933 bits per heavy atom. The highest BCUT2D eigenvalue weighted by Crippen LogP contribution is 1.94. The predicted octanol–water partition coefficient (Wildman–Crippen LogP) is 0.361. The van der Waals surface area contributed by atoms with Crippen LogP contribution in [-0.4, -0.2) is 44.2 Å². The van der Waals surface area contributed by atoms with Crippen LogP contribution in [0, 0.1) is 0 Å². The molecule has 15 heavy (non-hydrogen) atoms. The van der Waals surface area contributed by atoms with Crippen molar-refractivity contribution in [1.82, 2.24) is 4.90 Å². The molecule has 0 saturated carbocycles. The second-order valence-electron chi connectivity index (χ2n) is 3.27. The summed E-state index contributed by atoms with van der Waals surface area (Å²) in [6.45, 7) is 9.54. The van der Waals surface area contributed by atoms with Crippen molar-refractivity contribution < 1.29 is 0 Å². The van der Waals surface area contributed by atoms with Crippen molar-refractivity contribution in [1.29, 1.82) is 0 Å². The van der Waals surface area contributed by atoms with Gasteiger partial charge in [-0.05, 0) is 58.5 Å². The molecule has 0 aliphatic rings. The molecule has 4 nitrogen and oxygen atoms in total. The van der Waals surface area contributed by atoms with Crippen LogP contribution in [0.5, 0.6) is 0 Å². The third-order valence-corrected chi connectivity index (χ3v) is 2.04. The summed E-state index contributed by atoms with van der Waals surface area (Å²) < 4.78 is 0. The molecule has 4 heteroatoms. The molecular formula is C11H30N4. The standard InChI is InChI=1S/C9H24N4.C2H6/c10-4-1-7-13(8-2-5-11)9-3-6-12;1-2/h1-12H2;1-2H3. The van der Waals surface area contributed by atoms with Crippen LogP contribution in [0.1, 0.15) is 33.1 Å². The lowest BCUT2D eigenvalue weighted by molar-refractivity contribution is 0.268. The Kier molecular flexibility index (Phi) is 18.7. The Morgan fingerprint density at radius 1 is 0.667 bits per heavy atom. The molecule has 94 valence electrons. The van der Waals surface area contributed by atoms with E-state index in [0.717, 1.165) is 58.5 Å². The van der Waals surface area contributed by atoms with Crippen LogP contribution in [0.3, 0.4) is 0 Å². The van der Waals surface area contributed by atoms with E-state index in [9.17, 15) is 0 Å². The number of rotatable bonds is 9. The molecule has 0 aliphatic carbocycles. The summed E-state index contributed by atoms with van der Waals surface area (Å²) in [5.74, 6) is 0. The fraction of sp³-hybridized carbons (Fsp3) is 1.00. The number of hydrogen-bond donors (Lipinski definition) is 3. The first kappa shape index (κ1) is 17.2. The van der Waals surface area contributed by atoms with E-state index in [1.165, 1.54) is 0 Å². The first-order valence-electron chi connectivity index (χ1n) is 6.17. The fourth-order valence-electron chi connectivity index (χ4n) is 1.28. The van der Waals surface area contributed by atoms with Gasteiger partial charge in [0, 0.05) is 0 Å². The molecule has 0 amide bonds. The zero-order valence-corrected chi connectivity index (χ0v) is 10.5. The first-order chi connectivity index (χ1) is 7.35. The Balaban J connectivity index is 0. The third-order valence-electron chi connectivity index (χ3n) is 2.04. The lowest BCUT2D eigenvalue weighted by Crippen LogP contribution is -2.30. The van der Waals surface area contributed by atoms with Gasteiger partial charge in [-0.1, -0.05) is 13.8 Å². The number of hydrogen-bond acceptors (Lipinski definition) is 4. The quantitative estimate of drug-likeness (QED) is 0.522. The van der Waals surface area contributed by atoms with Crippen LogP contribution in [0.4, 0.5) is 0 Å². The van der Waals surface area contributed by atoms with Crippen molar-refractivity contribution in [2.45, 2.75) is 33.1 Å². The van der Waals surface area contributed by atoms with Crippen molar-refractivity contribution in [3.8, 4) is 0 Å². The van der Waals surface area contributed by atoms with E-state index in [1.807, 2.05) is 13.8 Å². The lowest BCUT2D eigenvalue weighted by Gasteiger charge is -2.21. The van der Waals surface area contributed by atoms with Gasteiger partial charge in [-0.25, -0.2) is 0 Å². The van der Waals surface area contributed by atoms with Gasteiger partial charge in [-0.2, -0.15) is 0 Å². The summed E-state index contributed by atoms with van der Waals surface area (Å²) in [6.07, 6.45) is 3.19. The molecule has 0 rings (SSSR count). The van der Waals surface area contributed by atoms with Crippen LogP contribution in [-0.2, 0) is 0 Å². The molecular weight excluding hydrogens is 188 g/mol. The monoisotopic (exact) mass is 218 g/mol. The Labute approximate surface area is 95.2 Å². The van der Waals surface area contributed by atoms with Gasteiger partial charge in [0.05, 0.1) is 0 Å². The average Bonchev–Trinajstić information content (AvgIpc) is 2.31. The van der Waals surface area contributed by atoms with Gasteiger partial charge in [0.2, 0.25) is 0 Å². The molecule has 0 unspecified atom stereocenters. The van der Waals surface area contributed by atoms with Crippen molar-refractivity contribution in [2.75, 3.05) is 39.3 Å². The molecule has 0 bridgehead atoms. The summed E-state index contributed by atoms with van der Waals surface area (Å²) in [5, 5.41) is 0. The maximum absolute atomic E-state index is 5.46. The average molecular weight is 218 g/mol. The van der Waals surface area contributed by atoms with Gasteiger partial charge in [-0.15, -0.1) is 0 Å². The van der Waals surface area contributed by atoms with Gasteiger partial charge >= 0.3 is 0 Å². The van der Waals surface area contributed by atoms with Gasteiger partial charge in [0.15, 0.2) is 0 Å². The molecule has 0 aliphatic heterocycles. The molecule has 0 aromatic carbocycles. The molecule has 6 N–H and O–H groups in total. The summed E-state index contributed by atoms with van der Waals surface area (Å²) in [6, 6.07) is 0. The van der Waals surface area contributed by atoms with Gasteiger partial charge < -0.3 is 22.1 Å². The first-order valence-corrected chi connectivity index (χ1v) is 6.17. The highest BCUT2D eigenvalue weighted by Gasteiger charge is 2.02. The maximum Gasteiger partial charge on any atom is -0.000670 e. The SMILES string of the molecule is CC.NCCCN(CCCN)CCCN. The number of nitrogens with two attached hydrogens (primary N) is 3. The second-order valence-corrected chi connectivity index (χ2v) is 3.27. The van der Waals surface area contributed by atoms with Crippen molar-refractivity contribution in [2.24, 2.45) is 17.2 Å². The summed E-state index contributed by atoms with van der Waals surface area (Å²) >= 11 is 0. The lowest BCUT2D eigenvalue weighted by atomic mass is 10.3. The Hall–Kier alpha value is -0.160. The minimum atomic E-state index is 0.766. The normalized spacial score (nSPS) is 10.0. The van der Waals surface area contributed by atoms with Crippen LogP contribution >= 0.6 is 0 Å². The van der Waals surface area contributed by atoms with Crippen LogP contribution < -0.4 is 17.2 Å². The minimum absolute atomic E-state index is 0.766. The van der Waals surface area contributed by atoms with Crippen LogP contribution in [0.15, 0.2) is 0 Å². The van der Waals surface area contributed by atoms with E-state index in [4.69, 9.17) is 17.2 Å². The molecule has 0 spiro atoms. The van der Waals surface area contributed by atoms with E-state index in [-0.39, 0.29) is 0 Å². The maximum atomic E-state index is 5.46. The third kappa shape index (κ3) is 13.8. The van der Waals surface area contributed by atoms with E-state index >= 15 is 0 Å². The molecule has 0 radical (unpaired) electrons. The Bertz CT molecular complexity index is 79.6. The fourth-order valence-corrected chi connectivity index (χ4v) is 1.28. The van der Waals surface area contributed by atoms with Gasteiger partial charge in [0.25, 0.3) is 0 Å². The summed E-state index contributed by atoms with van der Waals surface area (Å²) in [4.78, 5) is 2.40. The van der Waals surface area contributed by atoms with Gasteiger partial charge in [-0.3, -0.25) is 0 Å². The van der Waals surface area contributed by atoms with Crippen molar-refractivity contribution in [3.63, 3.8) is 0 Å². The zero-order chi connectivity index (χ0) is 11.9. The summed E-state index contributed by atoms with van der Waals surface area (Å²) in [5.41, 5.74) is 16.4. The van der Waals surface area contributed by atoms with E-state index in [1.54, 1.807) is 0 Å². The minimum Gasteiger partial charge on any atom is -0.330 e. The highest BCUT2D eigenvalue weighted by atomic mass is 15.1. The zero-order valence-electron chi connectivity index (χ0n) is 10.5. The Morgan fingerprint density at radius 3 is 1.13 bits per heavy atom. The smallest absolute Gasteiger partial charge is 0.000670 e. The topological polar surface area (TPSA) is 81.3 Å². The molecule has 0 aromatic heterocycles. The number of nitrogens with zero attached hydrogens (tertiary/aromatic N) is 1. The molecule has 0 aromatic rings. The van der Waals surface area contributed by atoms with Crippen molar-refractivity contribution in [3.05, 3.63) is 0 Å². The van der Waals surface area contributed by atoms with E-state index in [2.05, 4.69) is 4.90 Å². The van der Waals surface area contributed by atoms with E-state index in [0.29, 0.717) is 0 Å².